The van der Waals surface area contributed by atoms with Crippen LogP contribution in [0.4, 0.5) is 5.95 Å². The lowest BCUT2D eigenvalue weighted by Gasteiger charge is -2.14. The van der Waals surface area contributed by atoms with Crippen molar-refractivity contribution in [2.24, 2.45) is 0 Å². The Labute approximate surface area is 144 Å². The molecule has 3 rings (SSSR count). The number of allylic oxidation sites excluding steroid dienone is 3. The Kier molecular flexibility index (Phi) is 5.09. The molecular formula is C17H18BrN5. The lowest BCUT2D eigenvalue weighted by atomic mass is 10.1. The highest BCUT2D eigenvalue weighted by atomic mass is 79.9. The van der Waals surface area contributed by atoms with E-state index >= 15 is 0 Å². The molecule has 5 nitrogen and oxygen atoms in total. The van der Waals surface area contributed by atoms with Crippen molar-refractivity contribution < 1.29 is 0 Å². The topological polar surface area (TPSA) is 73.6 Å². The largest absolute Gasteiger partial charge is 0.361 e. The van der Waals surface area contributed by atoms with E-state index < -0.39 is 0 Å². The van der Waals surface area contributed by atoms with Crippen LogP contribution in [0.3, 0.4) is 0 Å². The quantitative estimate of drug-likeness (QED) is 0.844. The number of hydrogen-bond donors (Lipinski definition) is 2. The maximum absolute atomic E-state index is 9.08. The van der Waals surface area contributed by atoms with Crippen LogP contribution in [-0.4, -0.2) is 16.0 Å². The first-order valence-corrected chi connectivity index (χ1v) is 8.56. The predicted octanol–water partition coefficient (Wildman–Crippen LogP) is 3.63. The van der Waals surface area contributed by atoms with Gasteiger partial charge in [0, 0.05) is 28.5 Å². The number of hydrogen-bond acceptors (Lipinski definition) is 5. The van der Waals surface area contributed by atoms with E-state index in [1.165, 1.54) is 12.8 Å². The molecule has 0 radical (unpaired) electrons. The van der Waals surface area contributed by atoms with E-state index in [2.05, 4.69) is 42.6 Å². The van der Waals surface area contributed by atoms with E-state index in [-0.39, 0.29) is 6.42 Å². The second-order valence-corrected chi connectivity index (χ2v) is 6.49. The molecule has 1 saturated carbocycles. The monoisotopic (exact) mass is 371 g/mol. The van der Waals surface area contributed by atoms with Crippen molar-refractivity contribution in [3.05, 3.63) is 46.0 Å². The van der Waals surface area contributed by atoms with Gasteiger partial charge in [0.25, 0.3) is 0 Å². The van der Waals surface area contributed by atoms with Gasteiger partial charge in [0.1, 0.15) is 0 Å². The molecule has 1 aliphatic carbocycles. The van der Waals surface area contributed by atoms with Gasteiger partial charge in [0.05, 0.1) is 23.9 Å². The third-order valence-electron chi connectivity index (χ3n) is 3.97. The van der Waals surface area contributed by atoms with Gasteiger partial charge in [-0.15, -0.1) is 0 Å². The van der Waals surface area contributed by atoms with Crippen molar-refractivity contribution in [1.29, 1.82) is 5.26 Å². The Balaban J connectivity index is 1.85. The van der Waals surface area contributed by atoms with Crippen molar-refractivity contribution in [2.45, 2.75) is 38.1 Å². The number of halogens is 1. The normalized spacial score (nSPS) is 19.3. The molecule has 6 heteroatoms. The van der Waals surface area contributed by atoms with Gasteiger partial charge in [-0.1, -0.05) is 12.8 Å². The van der Waals surface area contributed by atoms with E-state index in [9.17, 15) is 0 Å². The summed E-state index contributed by atoms with van der Waals surface area (Å²) in [5, 5.41) is 15.6. The zero-order valence-corrected chi connectivity index (χ0v) is 14.3. The van der Waals surface area contributed by atoms with Gasteiger partial charge in [-0.25, -0.2) is 9.97 Å². The highest BCUT2D eigenvalue weighted by molar-refractivity contribution is 9.12. The van der Waals surface area contributed by atoms with Crippen molar-refractivity contribution in [2.75, 3.05) is 5.32 Å². The van der Waals surface area contributed by atoms with Crippen LogP contribution in [0.25, 0.3) is 6.08 Å². The summed E-state index contributed by atoms with van der Waals surface area (Å²) in [6.45, 7) is 0. The fourth-order valence-electron chi connectivity index (χ4n) is 2.78. The van der Waals surface area contributed by atoms with E-state index in [0.717, 1.165) is 34.3 Å². The number of dihydropyridines is 1. The molecule has 0 bridgehead atoms. The summed E-state index contributed by atoms with van der Waals surface area (Å²) < 4.78 is 0.955. The average molecular weight is 372 g/mol. The van der Waals surface area contributed by atoms with Gasteiger partial charge < -0.3 is 10.6 Å². The minimum absolute atomic E-state index is 0.262. The smallest absolute Gasteiger partial charge is 0.223 e. The predicted molar refractivity (Wildman–Crippen MR) is 94.5 cm³/mol. The van der Waals surface area contributed by atoms with Crippen LogP contribution in [0.2, 0.25) is 0 Å². The Hall–Kier alpha value is -2.13. The standard InChI is InChI=1S/C17H18BrN5/c18-14-6-3-9-20-16(14)10-12-11-21-17(23-15(12)7-8-19)22-13-4-1-2-5-13/h3,6,9-11,13,20H,1-2,4-5,7H2,(H,21,22,23). The minimum atomic E-state index is 0.262. The fraction of sp³-hybridized carbons (Fsp3) is 0.353. The SMILES string of the molecule is N#CCc1nc(NC2CCCC2)ncc1C=C1NC=CC=C1Br. The number of anilines is 1. The molecule has 0 unspecified atom stereocenters. The number of aromatic nitrogens is 2. The van der Waals surface area contributed by atoms with Gasteiger partial charge >= 0.3 is 0 Å². The molecule has 1 fully saturated rings. The summed E-state index contributed by atoms with van der Waals surface area (Å²) in [6, 6.07) is 2.64. The number of nitriles is 1. The lowest BCUT2D eigenvalue weighted by molar-refractivity contribution is 0.742. The lowest BCUT2D eigenvalue weighted by Crippen LogP contribution is -2.17. The molecule has 0 aromatic carbocycles. The molecule has 2 heterocycles. The molecule has 118 valence electrons. The van der Waals surface area contributed by atoms with Crippen molar-refractivity contribution in [3.63, 3.8) is 0 Å². The first-order chi connectivity index (χ1) is 11.3. The van der Waals surface area contributed by atoms with Crippen molar-refractivity contribution >= 4 is 28.0 Å². The van der Waals surface area contributed by atoms with Crippen molar-refractivity contribution in [3.8, 4) is 6.07 Å². The Morgan fingerprint density at radius 2 is 2.26 bits per heavy atom. The van der Waals surface area contributed by atoms with Crippen molar-refractivity contribution in [1.82, 2.24) is 15.3 Å². The Morgan fingerprint density at radius 1 is 1.43 bits per heavy atom. The van der Waals surface area contributed by atoms with Gasteiger partial charge in [0.2, 0.25) is 5.95 Å². The van der Waals surface area contributed by atoms with Crippen LogP contribution in [0.15, 0.2) is 34.7 Å². The second-order valence-electron chi connectivity index (χ2n) is 5.63. The van der Waals surface area contributed by atoms with Crippen LogP contribution in [0.1, 0.15) is 36.9 Å². The van der Waals surface area contributed by atoms with E-state index in [1.807, 2.05) is 24.4 Å². The molecule has 23 heavy (non-hydrogen) atoms. The van der Waals surface area contributed by atoms with Crippen LogP contribution < -0.4 is 10.6 Å². The van der Waals surface area contributed by atoms with Crippen LogP contribution in [0, 0.1) is 11.3 Å². The summed E-state index contributed by atoms with van der Waals surface area (Å²) in [6.07, 6.45) is 14.6. The van der Waals surface area contributed by atoms with Crippen LogP contribution in [0.5, 0.6) is 0 Å². The van der Waals surface area contributed by atoms with Gasteiger partial charge in [-0.2, -0.15) is 5.26 Å². The molecular weight excluding hydrogens is 354 g/mol. The maximum Gasteiger partial charge on any atom is 0.223 e. The zero-order valence-electron chi connectivity index (χ0n) is 12.7. The van der Waals surface area contributed by atoms with Gasteiger partial charge in [-0.3, -0.25) is 0 Å². The van der Waals surface area contributed by atoms with E-state index in [0.29, 0.717) is 12.0 Å². The third kappa shape index (κ3) is 3.99. The van der Waals surface area contributed by atoms with E-state index in [1.54, 1.807) is 6.20 Å². The molecule has 0 atom stereocenters. The highest BCUT2D eigenvalue weighted by Gasteiger charge is 2.16. The maximum atomic E-state index is 9.08. The zero-order chi connectivity index (χ0) is 16.1. The number of nitrogens with zero attached hydrogens (tertiary/aromatic N) is 3. The van der Waals surface area contributed by atoms with Gasteiger partial charge in [-0.05, 0) is 47.0 Å². The molecule has 2 aliphatic rings. The number of rotatable bonds is 4. The molecule has 0 spiro atoms. The number of nitrogens with one attached hydrogen (secondary N) is 2. The van der Waals surface area contributed by atoms with E-state index in [4.69, 9.17) is 5.26 Å². The third-order valence-corrected chi connectivity index (χ3v) is 4.66. The first kappa shape index (κ1) is 15.8. The summed E-state index contributed by atoms with van der Waals surface area (Å²) in [5.41, 5.74) is 2.52. The fourth-order valence-corrected chi connectivity index (χ4v) is 3.16. The Bertz CT molecular complexity index is 708. The summed E-state index contributed by atoms with van der Waals surface area (Å²) >= 11 is 3.51. The molecule has 1 aromatic heterocycles. The highest BCUT2D eigenvalue weighted by Crippen LogP contribution is 2.23. The van der Waals surface area contributed by atoms with Crippen LogP contribution >= 0.6 is 15.9 Å². The molecule has 0 saturated heterocycles. The molecule has 0 amide bonds. The van der Waals surface area contributed by atoms with Gasteiger partial charge in [0.15, 0.2) is 0 Å². The molecule has 1 aromatic rings. The first-order valence-electron chi connectivity index (χ1n) is 7.76. The second kappa shape index (κ2) is 7.42. The summed E-state index contributed by atoms with van der Waals surface area (Å²) in [4.78, 5) is 8.97. The average Bonchev–Trinajstić information content (AvgIpc) is 3.05. The minimum Gasteiger partial charge on any atom is -0.361 e. The molecule has 2 N–H and O–H groups in total. The van der Waals surface area contributed by atoms with Crippen LogP contribution in [-0.2, 0) is 6.42 Å². The molecule has 1 aliphatic heterocycles. The Morgan fingerprint density at radius 3 is 3.00 bits per heavy atom. The summed E-state index contributed by atoms with van der Waals surface area (Å²) in [5.74, 6) is 0.621. The summed E-state index contributed by atoms with van der Waals surface area (Å²) in [7, 11) is 0.